The molecule has 3 aromatic rings. The van der Waals surface area contributed by atoms with Gasteiger partial charge in [0.15, 0.2) is 11.6 Å². The molecular weight excluding hydrogens is 404 g/mol. The first-order valence-corrected chi connectivity index (χ1v) is 10.7. The highest BCUT2D eigenvalue weighted by atomic mass is 16.5. The number of nitrogens with one attached hydrogen (secondary N) is 1. The van der Waals surface area contributed by atoms with Gasteiger partial charge in [0.25, 0.3) is 5.91 Å². The number of carbonyl (C=O) groups is 3. The second-order valence-electron chi connectivity index (χ2n) is 7.59. The fraction of sp³-hybridized carbons (Fsp3) is 0.231. The number of rotatable bonds is 8. The van der Waals surface area contributed by atoms with Crippen LogP contribution in [-0.4, -0.2) is 35.6 Å². The molecule has 0 bridgehead atoms. The molecule has 6 nitrogen and oxygen atoms in total. The molecule has 1 amide bonds. The van der Waals surface area contributed by atoms with E-state index in [9.17, 15) is 14.4 Å². The Labute approximate surface area is 186 Å². The molecule has 0 fully saturated rings. The quantitative estimate of drug-likeness (QED) is 0.325. The van der Waals surface area contributed by atoms with Crippen LogP contribution < -0.4 is 10.1 Å². The van der Waals surface area contributed by atoms with Gasteiger partial charge in [-0.05, 0) is 38.0 Å². The number of nitrogens with zero attached hydrogens (tertiary/aromatic N) is 1. The van der Waals surface area contributed by atoms with E-state index < -0.39 is 11.7 Å². The molecule has 2 aromatic carbocycles. The Morgan fingerprint density at radius 1 is 1.12 bits per heavy atom. The highest BCUT2D eigenvalue weighted by Gasteiger charge is 2.42. The van der Waals surface area contributed by atoms with E-state index in [0.717, 1.165) is 18.2 Å². The first kappa shape index (κ1) is 21.4. The summed E-state index contributed by atoms with van der Waals surface area (Å²) in [4.78, 5) is 43.6. The first-order chi connectivity index (χ1) is 15.6. The summed E-state index contributed by atoms with van der Waals surface area (Å²) in [5.41, 5.74) is 1.61. The molecule has 1 atom stereocenters. The standard InChI is InChI=1S/C26H24N2O4/c1-3-5-6-15-32-20-12-7-9-16-13-14-19(28-23(16)20)22-24(29)17-10-8-11-18(21(17)25(22)30)26(31)27-4-2/h3,7-14,22H,1,4-6,15H2,2H3,(H,27,31). The van der Waals surface area contributed by atoms with Gasteiger partial charge in [0.05, 0.1) is 17.9 Å². The van der Waals surface area contributed by atoms with E-state index in [2.05, 4.69) is 16.9 Å². The van der Waals surface area contributed by atoms with Crippen molar-refractivity contribution in [3.63, 3.8) is 0 Å². The average Bonchev–Trinajstić information content (AvgIpc) is 3.06. The molecule has 0 saturated carbocycles. The second kappa shape index (κ2) is 9.14. The molecule has 32 heavy (non-hydrogen) atoms. The van der Waals surface area contributed by atoms with E-state index >= 15 is 0 Å². The van der Waals surface area contributed by atoms with Crippen molar-refractivity contribution in [3.8, 4) is 5.75 Å². The van der Waals surface area contributed by atoms with Crippen LogP contribution in [0.3, 0.4) is 0 Å². The summed E-state index contributed by atoms with van der Waals surface area (Å²) >= 11 is 0. The first-order valence-electron chi connectivity index (χ1n) is 10.7. The average molecular weight is 428 g/mol. The minimum Gasteiger partial charge on any atom is -0.491 e. The van der Waals surface area contributed by atoms with E-state index in [0.29, 0.717) is 30.1 Å². The van der Waals surface area contributed by atoms with Gasteiger partial charge >= 0.3 is 0 Å². The number of allylic oxidation sites excluding steroid dienone is 1. The fourth-order valence-electron chi connectivity index (χ4n) is 3.98. The summed E-state index contributed by atoms with van der Waals surface area (Å²) in [7, 11) is 0. The third kappa shape index (κ3) is 3.80. The summed E-state index contributed by atoms with van der Waals surface area (Å²) in [6.07, 6.45) is 3.52. The van der Waals surface area contributed by atoms with Crippen LogP contribution in [0.4, 0.5) is 0 Å². The lowest BCUT2D eigenvalue weighted by Crippen LogP contribution is -2.25. The number of pyridine rings is 1. The molecule has 0 radical (unpaired) electrons. The van der Waals surface area contributed by atoms with Crippen LogP contribution in [0, 0.1) is 0 Å². The molecular formula is C26H24N2O4. The van der Waals surface area contributed by atoms with Crippen LogP contribution in [-0.2, 0) is 0 Å². The lowest BCUT2D eigenvalue weighted by atomic mass is 9.97. The zero-order chi connectivity index (χ0) is 22.7. The predicted molar refractivity (Wildman–Crippen MR) is 123 cm³/mol. The number of para-hydroxylation sites is 1. The van der Waals surface area contributed by atoms with E-state index in [1.54, 1.807) is 31.2 Å². The maximum Gasteiger partial charge on any atom is 0.252 e. The van der Waals surface area contributed by atoms with Gasteiger partial charge in [0, 0.05) is 23.1 Å². The van der Waals surface area contributed by atoms with E-state index in [4.69, 9.17) is 4.74 Å². The maximum absolute atomic E-state index is 13.3. The molecule has 1 aromatic heterocycles. The van der Waals surface area contributed by atoms with Crippen LogP contribution >= 0.6 is 0 Å². The molecule has 162 valence electrons. The summed E-state index contributed by atoms with van der Waals surface area (Å²) in [6, 6.07) is 13.9. The minimum atomic E-state index is -1.07. The number of ether oxygens (including phenoxy) is 1. The van der Waals surface area contributed by atoms with Crippen molar-refractivity contribution in [1.29, 1.82) is 0 Å². The molecule has 4 rings (SSSR count). The lowest BCUT2D eigenvalue weighted by molar-refractivity contribution is 0.0879. The van der Waals surface area contributed by atoms with E-state index in [1.807, 2.05) is 30.3 Å². The number of unbranched alkanes of at least 4 members (excludes halogenated alkanes) is 1. The second-order valence-corrected chi connectivity index (χ2v) is 7.59. The van der Waals surface area contributed by atoms with Gasteiger partial charge in [-0.15, -0.1) is 6.58 Å². The molecule has 0 aliphatic heterocycles. The zero-order valence-corrected chi connectivity index (χ0v) is 17.9. The number of benzene rings is 2. The summed E-state index contributed by atoms with van der Waals surface area (Å²) in [6.45, 7) is 6.45. The van der Waals surface area contributed by atoms with Gasteiger partial charge in [-0.1, -0.05) is 36.4 Å². The minimum absolute atomic E-state index is 0.171. The van der Waals surface area contributed by atoms with Gasteiger partial charge < -0.3 is 10.1 Å². The molecule has 1 heterocycles. The van der Waals surface area contributed by atoms with Crippen molar-refractivity contribution in [2.24, 2.45) is 0 Å². The van der Waals surface area contributed by atoms with Crippen molar-refractivity contribution < 1.29 is 19.1 Å². The molecule has 0 saturated heterocycles. The summed E-state index contributed by atoms with van der Waals surface area (Å²) < 4.78 is 5.90. The number of ketones is 2. The molecule has 1 N–H and O–H groups in total. The SMILES string of the molecule is C=CCCCOc1cccc2ccc(C3C(=O)c4cccc(C(=O)NCC)c4C3=O)nc12. The van der Waals surface area contributed by atoms with Crippen LogP contribution in [0.5, 0.6) is 5.75 Å². The number of hydrogen-bond acceptors (Lipinski definition) is 5. The van der Waals surface area contributed by atoms with Gasteiger partial charge in [-0.25, -0.2) is 4.98 Å². The summed E-state index contributed by atoms with van der Waals surface area (Å²) in [5.74, 6) is -1.58. The van der Waals surface area contributed by atoms with Crippen LogP contribution in [0.1, 0.15) is 62.5 Å². The smallest absolute Gasteiger partial charge is 0.252 e. The molecule has 1 unspecified atom stereocenters. The van der Waals surface area contributed by atoms with Crippen molar-refractivity contribution in [1.82, 2.24) is 10.3 Å². The molecule has 6 heteroatoms. The highest BCUT2D eigenvalue weighted by molar-refractivity contribution is 6.32. The summed E-state index contributed by atoms with van der Waals surface area (Å²) in [5, 5.41) is 3.56. The topological polar surface area (TPSA) is 85.4 Å². The molecule has 0 spiro atoms. The zero-order valence-electron chi connectivity index (χ0n) is 17.9. The van der Waals surface area contributed by atoms with Gasteiger partial charge in [-0.2, -0.15) is 0 Å². The van der Waals surface area contributed by atoms with Crippen molar-refractivity contribution >= 4 is 28.4 Å². The Morgan fingerprint density at radius 2 is 1.94 bits per heavy atom. The van der Waals surface area contributed by atoms with E-state index in [-0.39, 0.29) is 28.4 Å². The van der Waals surface area contributed by atoms with Gasteiger partial charge in [0.2, 0.25) is 0 Å². The van der Waals surface area contributed by atoms with Crippen molar-refractivity contribution in [2.45, 2.75) is 25.7 Å². The van der Waals surface area contributed by atoms with Crippen molar-refractivity contribution in [3.05, 3.63) is 83.6 Å². The molecule has 1 aliphatic carbocycles. The normalized spacial score (nSPS) is 15.0. The number of hydrogen-bond donors (Lipinski definition) is 1. The highest BCUT2D eigenvalue weighted by Crippen LogP contribution is 2.36. The van der Waals surface area contributed by atoms with Gasteiger partial charge in [-0.3, -0.25) is 14.4 Å². The number of Topliss-reactive ketones (excluding diaryl/α,β-unsaturated/α-hetero) is 2. The van der Waals surface area contributed by atoms with Crippen molar-refractivity contribution in [2.75, 3.05) is 13.2 Å². The van der Waals surface area contributed by atoms with Crippen LogP contribution in [0.15, 0.2) is 61.2 Å². The number of fused-ring (bicyclic) bond motifs is 2. The van der Waals surface area contributed by atoms with Crippen LogP contribution in [0.2, 0.25) is 0 Å². The number of amides is 1. The number of carbonyl (C=O) groups excluding carboxylic acids is 3. The van der Waals surface area contributed by atoms with E-state index in [1.165, 1.54) is 0 Å². The number of aromatic nitrogens is 1. The van der Waals surface area contributed by atoms with Gasteiger partial charge in [0.1, 0.15) is 17.2 Å². The Balaban J connectivity index is 1.72. The Bertz CT molecular complexity index is 1230. The predicted octanol–water partition coefficient (Wildman–Crippen LogP) is 4.49. The Hall–Kier alpha value is -3.80. The third-order valence-electron chi connectivity index (χ3n) is 5.49. The monoisotopic (exact) mass is 428 g/mol. The maximum atomic E-state index is 13.3. The molecule has 1 aliphatic rings. The fourth-order valence-corrected chi connectivity index (χ4v) is 3.98. The van der Waals surface area contributed by atoms with Crippen LogP contribution in [0.25, 0.3) is 10.9 Å². The Morgan fingerprint density at radius 3 is 2.72 bits per heavy atom. The largest absolute Gasteiger partial charge is 0.491 e. The lowest BCUT2D eigenvalue weighted by Gasteiger charge is -2.12. The Kier molecular flexibility index (Phi) is 6.12. The third-order valence-corrected chi connectivity index (χ3v) is 5.49.